The Morgan fingerprint density at radius 2 is 2.11 bits per heavy atom. The Balaban J connectivity index is 2.35. The molecule has 0 spiro atoms. The summed E-state index contributed by atoms with van der Waals surface area (Å²) in [5.41, 5.74) is 2.78. The molecule has 0 aromatic heterocycles. The SMILES string of the molecule is CNC(=O)C(NC)c1ccc2c(c1)CC(=O)N2C. The topological polar surface area (TPSA) is 61.4 Å². The van der Waals surface area contributed by atoms with Gasteiger partial charge in [0.15, 0.2) is 0 Å². The van der Waals surface area contributed by atoms with Crippen LogP contribution in [-0.4, -0.2) is 33.0 Å². The summed E-state index contributed by atoms with van der Waals surface area (Å²) in [5, 5.41) is 5.59. The van der Waals surface area contributed by atoms with Crippen LogP contribution in [0.25, 0.3) is 0 Å². The fourth-order valence-electron chi connectivity index (χ4n) is 2.26. The highest BCUT2D eigenvalue weighted by Crippen LogP contribution is 2.30. The van der Waals surface area contributed by atoms with Crippen LogP contribution in [0.5, 0.6) is 0 Å². The lowest BCUT2D eigenvalue weighted by atomic mass is 10.0. The van der Waals surface area contributed by atoms with Crippen molar-refractivity contribution >= 4 is 17.5 Å². The molecule has 2 amide bonds. The summed E-state index contributed by atoms with van der Waals surface area (Å²) >= 11 is 0. The lowest BCUT2D eigenvalue weighted by Gasteiger charge is -2.16. The number of carbonyl (C=O) groups excluding carboxylic acids is 2. The molecular formula is C13H17N3O2. The highest BCUT2D eigenvalue weighted by atomic mass is 16.2. The molecule has 1 aromatic carbocycles. The van der Waals surface area contributed by atoms with E-state index in [0.29, 0.717) is 6.42 Å². The number of anilines is 1. The first-order valence-electron chi connectivity index (χ1n) is 5.86. The largest absolute Gasteiger partial charge is 0.358 e. The predicted octanol–water partition coefficient (Wildman–Crippen LogP) is 0.212. The first-order chi connectivity index (χ1) is 8.58. The molecule has 18 heavy (non-hydrogen) atoms. The second-order valence-electron chi connectivity index (χ2n) is 4.35. The van der Waals surface area contributed by atoms with Crippen LogP contribution in [0.3, 0.4) is 0 Å². The molecule has 1 aromatic rings. The summed E-state index contributed by atoms with van der Waals surface area (Å²) in [4.78, 5) is 25.0. The molecule has 5 nitrogen and oxygen atoms in total. The lowest BCUT2D eigenvalue weighted by molar-refractivity contribution is -0.122. The van der Waals surface area contributed by atoms with Crippen molar-refractivity contribution in [3.63, 3.8) is 0 Å². The number of amides is 2. The lowest BCUT2D eigenvalue weighted by Crippen LogP contribution is -2.33. The van der Waals surface area contributed by atoms with E-state index in [2.05, 4.69) is 10.6 Å². The Hall–Kier alpha value is -1.88. The molecule has 1 heterocycles. The van der Waals surface area contributed by atoms with Crippen molar-refractivity contribution in [1.82, 2.24) is 10.6 Å². The summed E-state index contributed by atoms with van der Waals surface area (Å²) in [6.07, 6.45) is 0.407. The second-order valence-corrected chi connectivity index (χ2v) is 4.35. The molecule has 2 N–H and O–H groups in total. The third kappa shape index (κ3) is 1.97. The number of nitrogens with one attached hydrogen (secondary N) is 2. The number of hydrogen-bond acceptors (Lipinski definition) is 3. The van der Waals surface area contributed by atoms with Crippen LogP contribution in [0.4, 0.5) is 5.69 Å². The first kappa shape index (κ1) is 12.6. The van der Waals surface area contributed by atoms with E-state index in [0.717, 1.165) is 16.8 Å². The molecule has 0 aliphatic carbocycles. The molecular weight excluding hydrogens is 230 g/mol. The third-order valence-electron chi connectivity index (χ3n) is 3.31. The van der Waals surface area contributed by atoms with Gasteiger partial charge in [0.25, 0.3) is 0 Å². The van der Waals surface area contributed by atoms with Crippen LogP contribution < -0.4 is 15.5 Å². The molecule has 0 saturated heterocycles. The van der Waals surface area contributed by atoms with Crippen LogP contribution in [0, 0.1) is 0 Å². The third-order valence-corrected chi connectivity index (χ3v) is 3.31. The Morgan fingerprint density at radius 3 is 2.72 bits per heavy atom. The van der Waals surface area contributed by atoms with Crippen LogP contribution in [0.2, 0.25) is 0 Å². The zero-order chi connectivity index (χ0) is 13.3. The maximum atomic E-state index is 11.7. The molecule has 96 valence electrons. The van der Waals surface area contributed by atoms with Gasteiger partial charge in [0.2, 0.25) is 11.8 Å². The Kier molecular flexibility index (Phi) is 3.34. The number of likely N-dealkylation sites (N-methyl/N-ethyl adjacent to an activating group) is 3. The van der Waals surface area contributed by atoms with Crippen LogP contribution in [0.1, 0.15) is 17.2 Å². The van der Waals surface area contributed by atoms with Crippen molar-refractivity contribution in [3.8, 4) is 0 Å². The minimum Gasteiger partial charge on any atom is -0.358 e. The van der Waals surface area contributed by atoms with Crippen molar-refractivity contribution in [2.24, 2.45) is 0 Å². The van der Waals surface area contributed by atoms with Crippen molar-refractivity contribution < 1.29 is 9.59 Å². The number of nitrogens with zero attached hydrogens (tertiary/aromatic N) is 1. The fraction of sp³-hybridized carbons (Fsp3) is 0.385. The van der Waals surface area contributed by atoms with Crippen molar-refractivity contribution in [2.75, 3.05) is 26.0 Å². The summed E-state index contributed by atoms with van der Waals surface area (Å²) in [5.74, 6) is -0.00164. The average Bonchev–Trinajstić information content (AvgIpc) is 2.65. The summed E-state index contributed by atoms with van der Waals surface area (Å²) in [6, 6.07) is 5.31. The summed E-state index contributed by atoms with van der Waals surface area (Å²) in [6.45, 7) is 0. The number of benzene rings is 1. The standard InChI is InChI=1S/C13H17N3O2/c1-14-12(13(18)15-2)8-4-5-10-9(6-8)7-11(17)16(10)3/h4-6,12,14H,7H2,1-3H3,(H,15,18). The van der Waals surface area contributed by atoms with Gasteiger partial charge in [-0.05, 0) is 24.2 Å². The molecule has 0 saturated carbocycles. The first-order valence-corrected chi connectivity index (χ1v) is 5.86. The zero-order valence-electron chi connectivity index (χ0n) is 10.8. The van der Waals surface area contributed by atoms with Gasteiger partial charge in [-0.15, -0.1) is 0 Å². The highest BCUT2D eigenvalue weighted by Gasteiger charge is 2.26. The van der Waals surface area contributed by atoms with E-state index >= 15 is 0 Å². The zero-order valence-corrected chi connectivity index (χ0v) is 10.8. The van der Waals surface area contributed by atoms with Gasteiger partial charge in [0.1, 0.15) is 6.04 Å². The van der Waals surface area contributed by atoms with E-state index in [-0.39, 0.29) is 17.9 Å². The number of fused-ring (bicyclic) bond motifs is 1. The van der Waals surface area contributed by atoms with E-state index in [4.69, 9.17) is 0 Å². The molecule has 0 radical (unpaired) electrons. The van der Waals surface area contributed by atoms with Crippen LogP contribution in [0.15, 0.2) is 18.2 Å². The summed E-state index contributed by atoms with van der Waals surface area (Å²) < 4.78 is 0. The maximum absolute atomic E-state index is 11.7. The van der Waals surface area contributed by atoms with E-state index in [1.54, 1.807) is 26.0 Å². The van der Waals surface area contributed by atoms with Gasteiger partial charge in [0, 0.05) is 19.8 Å². The van der Waals surface area contributed by atoms with Gasteiger partial charge in [0.05, 0.1) is 6.42 Å². The Bertz CT molecular complexity index is 499. The van der Waals surface area contributed by atoms with Crippen molar-refractivity contribution in [3.05, 3.63) is 29.3 Å². The number of rotatable bonds is 3. The van der Waals surface area contributed by atoms with Crippen LogP contribution >= 0.6 is 0 Å². The molecule has 5 heteroatoms. The summed E-state index contributed by atoms with van der Waals surface area (Å²) in [7, 11) is 5.11. The minimum absolute atomic E-state index is 0.0862. The highest BCUT2D eigenvalue weighted by molar-refractivity contribution is 6.01. The molecule has 0 bridgehead atoms. The predicted molar refractivity (Wildman–Crippen MR) is 69.4 cm³/mol. The van der Waals surface area contributed by atoms with Gasteiger partial charge >= 0.3 is 0 Å². The Labute approximate surface area is 106 Å². The molecule has 1 aliphatic rings. The van der Waals surface area contributed by atoms with Gasteiger partial charge < -0.3 is 15.5 Å². The fourth-order valence-corrected chi connectivity index (χ4v) is 2.26. The number of hydrogen-bond donors (Lipinski definition) is 2. The van der Waals surface area contributed by atoms with E-state index < -0.39 is 0 Å². The minimum atomic E-state index is -0.388. The van der Waals surface area contributed by atoms with E-state index in [1.165, 1.54) is 0 Å². The molecule has 1 aliphatic heterocycles. The van der Waals surface area contributed by atoms with E-state index in [9.17, 15) is 9.59 Å². The average molecular weight is 247 g/mol. The molecule has 1 atom stereocenters. The van der Waals surface area contributed by atoms with E-state index in [1.807, 2.05) is 18.2 Å². The van der Waals surface area contributed by atoms with Gasteiger partial charge in [-0.3, -0.25) is 9.59 Å². The quantitative estimate of drug-likeness (QED) is 0.803. The van der Waals surface area contributed by atoms with Gasteiger partial charge in [-0.25, -0.2) is 0 Å². The monoisotopic (exact) mass is 247 g/mol. The molecule has 2 rings (SSSR count). The number of carbonyl (C=O) groups is 2. The maximum Gasteiger partial charge on any atom is 0.241 e. The normalized spacial score (nSPS) is 15.5. The van der Waals surface area contributed by atoms with Gasteiger partial charge in [-0.2, -0.15) is 0 Å². The Morgan fingerprint density at radius 1 is 1.39 bits per heavy atom. The van der Waals surface area contributed by atoms with Crippen LogP contribution in [-0.2, 0) is 16.0 Å². The molecule has 1 unspecified atom stereocenters. The molecule has 0 fully saturated rings. The second kappa shape index (κ2) is 4.78. The smallest absolute Gasteiger partial charge is 0.241 e. The van der Waals surface area contributed by atoms with Gasteiger partial charge in [-0.1, -0.05) is 12.1 Å². The van der Waals surface area contributed by atoms with Crippen molar-refractivity contribution in [1.29, 1.82) is 0 Å². The van der Waals surface area contributed by atoms with Crippen molar-refractivity contribution in [2.45, 2.75) is 12.5 Å².